The molecule has 26 heavy (non-hydrogen) atoms. The summed E-state index contributed by atoms with van der Waals surface area (Å²) < 4.78 is 35.9. The summed E-state index contributed by atoms with van der Waals surface area (Å²) in [5, 5.41) is 12.2. The summed E-state index contributed by atoms with van der Waals surface area (Å²) in [6.07, 6.45) is 5.16. The molecule has 0 aliphatic carbocycles. The number of hydrogen-bond donors (Lipinski definition) is 0. The van der Waals surface area contributed by atoms with Crippen LogP contribution in [0.5, 0.6) is 0 Å². The number of aromatic nitrogens is 5. The molecule has 136 valence electrons. The lowest BCUT2D eigenvalue weighted by molar-refractivity contribution is -0.0407. The SMILES string of the molecule is Fc1ccc(-n2ccc(CN3CCOC(Cn4ccnn4)C3)n2)c(F)c1. The smallest absolute Gasteiger partial charge is 0.151 e. The van der Waals surface area contributed by atoms with Crippen molar-refractivity contribution < 1.29 is 13.5 Å². The van der Waals surface area contributed by atoms with Crippen molar-refractivity contribution in [2.24, 2.45) is 0 Å². The van der Waals surface area contributed by atoms with Gasteiger partial charge in [-0.05, 0) is 18.2 Å². The van der Waals surface area contributed by atoms with Crippen molar-refractivity contribution in [2.75, 3.05) is 19.7 Å². The standard InChI is InChI=1S/C17H18F2N6O/c18-13-1-2-17(16(19)9-13)25-5-3-14(21-25)10-23-7-8-26-15(11-23)12-24-6-4-20-22-24/h1-6,9,15H,7-8,10-12H2. The molecule has 1 aromatic carbocycles. The van der Waals surface area contributed by atoms with Crippen LogP contribution >= 0.6 is 0 Å². The summed E-state index contributed by atoms with van der Waals surface area (Å²) in [7, 11) is 0. The highest BCUT2D eigenvalue weighted by Crippen LogP contribution is 2.16. The molecule has 1 saturated heterocycles. The molecule has 3 heterocycles. The van der Waals surface area contributed by atoms with Gasteiger partial charge in [-0.15, -0.1) is 5.10 Å². The van der Waals surface area contributed by atoms with Gasteiger partial charge in [-0.3, -0.25) is 4.90 Å². The molecule has 3 aromatic rings. The molecule has 0 radical (unpaired) electrons. The van der Waals surface area contributed by atoms with Crippen molar-refractivity contribution in [3.63, 3.8) is 0 Å². The predicted molar refractivity (Wildman–Crippen MR) is 88.5 cm³/mol. The fraction of sp³-hybridized carbons (Fsp3) is 0.353. The van der Waals surface area contributed by atoms with Gasteiger partial charge >= 0.3 is 0 Å². The summed E-state index contributed by atoms with van der Waals surface area (Å²) in [5.41, 5.74) is 1.04. The fourth-order valence-electron chi connectivity index (χ4n) is 3.05. The van der Waals surface area contributed by atoms with E-state index in [0.717, 1.165) is 24.8 Å². The Bertz CT molecular complexity index is 866. The maximum Gasteiger partial charge on any atom is 0.151 e. The number of nitrogens with zero attached hydrogens (tertiary/aromatic N) is 6. The van der Waals surface area contributed by atoms with Crippen LogP contribution in [-0.2, 0) is 17.8 Å². The molecular formula is C17H18F2N6O. The van der Waals surface area contributed by atoms with E-state index in [9.17, 15) is 8.78 Å². The van der Waals surface area contributed by atoms with Crippen molar-refractivity contribution in [3.8, 4) is 5.69 Å². The molecule has 0 N–H and O–H groups in total. The van der Waals surface area contributed by atoms with Gasteiger partial charge in [0.2, 0.25) is 0 Å². The highest BCUT2D eigenvalue weighted by molar-refractivity contribution is 5.33. The Balaban J connectivity index is 1.40. The van der Waals surface area contributed by atoms with Crippen molar-refractivity contribution in [3.05, 3.63) is 60.2 Å². The van der Waals surface area contributed by atoms with E-state index >= 15 is 0 Å². The van der Waals surface area contributed by atoms with Gasteiger partial charge in [0.25, 0.3) is 0 Å². The number of morpholine rings is 1. The Kier molecular flexibility index (Phi) is 4.72. The zero-order chi connectivity index (χ0) is 17.9. The zero-order valence-corrected chi connectivity index (χ0v) is 14.0. The van der Waals surface area contributed by atoms with Crippen molar-refractivity contribution in [2.45, 2.75) is 19.2 Å². The molecule has 1 aliphatic rings. The first-order valence-corrected chi connectivity index (χ1v) is 8.35. The number of halogens is 2. The van der Waals surface area contributed by atoms with Gasteiger partial charge in [0.05, 0.1) is 31.1 Å². The first kappa shape index (κ1) is 16.8. The van der Waals surface area contributed by atoms with Crippen LogP contribution in [0.1, 0.15) is 5.69 Å². The molecule has 1 unspecified atom stereocenters. The van der Waals surface area contributed by atoms with Crippen molar-refractivity contribution in [1.82, 2.24) is 29.7 Å². The van der Waals surface area contributed by atoms with Crippen LogP contribution in [0.3, 0.4) is 0 Å². The average molecular weight is 360 g/mol. The number of benzene rings is 1. The first-order valence-electron chi connectivity index (χ1n) is 8.35. The molecule has 1 aliphatic heterocycles. The molecule has 0 saturated carbocycles. The second-order valence-electron chi connectivity index (χ2n) is 6.20. The van der Waals surface area contributed by atoms with Gasteiger partial charge in [0.15, 0.2) is 5.82 Å². The van der Waals surface area contributed by atoms with Gasteiger partial charge in [0, 0.05) is 38.1 Å². The maximum atomic E-state index is 13.9. The third-order valence-electron chi connectivity index (χ3n) is 4.27. The van der Waals surface area contributed by atoms with Crippen LogP contribution in [-0.4, -0.2) is 55.5 Å². The normalized spacial score (nSPS) is 18.3. The molecule has 2 aromatic heterocycles. The molecule has 1 atom stereocenters. The third-order valence-corrected chi connectivity index (χ3v) is 4.27. The summed E-state index contributed by atoms with van der Waals surface area (Å²) in [5.74, 6) is -1.25. The number of rotatable bonds is 5. The summed E-state index contributed by atoms with van der Waals surface area (Å²) in [4.78, 5) is 2.23. The molecule has 0 bridgehead atoms. The highest BCUT2D eigenvalue weighted by Gasteiger charge is 2.22. The van der Waals surface area contributed by atoms with Crippen LogP contribution < -0.4 is 0 Å². The molecule has 0 spiro atoms. The molecular weight excluding hydrogens is 342 g/mol. The molecule has 0 amide bonds. The summed E-state index contributed by atoms with van der Waals surface area (Å²) >= 11 is 0. The van der Waals surface area contributed by atoms with Gasteiger partial charge in [-0.1, -0.05) is 5.21 Å². The Hall–Kier alpha value is -2.65. The quantitative estimate of drug-likeness (QED) is 0.692. The lowest BCUT2D eigenvalue weighted by Gasteiger charge is -2.32. The van der Waals surface area contributed by atoms with Crippen LogP contribution in [0.2, 0.25) is 0 Å². The predicted octanol–water partition coefficient (Wildman–Crippen LogP) is 1.64. The second-order valence-corrected chi connectivity index (χ2v) is 6.20. The monoisotopic (exact) mass is 360 g/mol. The van der Waals surface area contributed by atoms with Gasteiger partial charge < -0.3 is 4.74 Å². The van der Waals surface area contributed by atoms with E-state index in [0.29, 0.717) is 19.7 Å². The topological polar surface area (TPSA) is 61.0 Å². The highest BCUT2D eigenvalue weighted by atomic mass is 19.1. The van der Waals surface area contributed by atoms with Crippen LogP contribution in [0, 0.1) is 11.6 Å². The molecule has 1 fully saturated rings. The van der Waals surface area contributed by atoms with E-state index < -0.39 is 11.6 Å². The van der Waals surface area contributed by atoms with E-state index in [2.05, 4.69) is 20.3 Å². The van der Waals surface area contributed by atoms with E-state index in [1.54, 1.807) is 23.3 Å². The number of hydrogen-bond acceptors (Lipinski definition) is 5. The van der Waals surface area contributed by atoms with E-state index in [4.69, 9.17) is 4.74 Å². The largest absolute Gasteiger partial charge is 0.374 e. The van der Waals surface area contributed by atoms with Crippen molar-refractivity contribution >= 4 is 0 Å². The fourth-order valence-corrected chi connectivity index (χ4v) is 3.05. The van der Waals surface area contributed by atoms with Gasteiger partial charge in [-0.2, -0.15) is 5.10 Å². The lowest BCUT2D eigenvalue weighted by atomic mass is 10.2. The molecule has 4 rings (SSSR count). The Morgan fingerprint density at radius 3 is 2.92 bits per heavy atom. The minimum Gasteiger partial charge on any atom is -0.374 e. The average Bonchev–Trinajstić information content (AvgIpc) is 3.27. The van der Waals surface area contributed by atoms with Crippen LogP contribution in [0.4, 0.5) is 8.78 Å². The summed E-state index contributed by atoms with van der Waals surface area (Å²) in [6.45, 7) is 3.45. The van der Waals surface area contributed by atoms with E-state index in [1.165, 1.54) is 16.8 Å². The third kappa shape index (κ3) is 3.78. The minimum absolute atomic E-state index is 0.0297. The van der Waals surface area contributed by atoms with E-state index in [1.807, 2.05) is 6.07 Å². The minimum atomic E-state index is -0.640. The Morgan fingerprint density at radius 2 is 2.12 bits per heavy atom. The van der Waals surface area contributed by atoms with Crippen LogP contribution in [0.15, 0.2) is 42.9 Å². The van der Waals surface area contributed by atoms with Crippen molar-refractivity contribution in [1.29, 1.82) is 0 Å². The lowest BCUT2D eigenvalue weighted by Crippen LogP contribution is -2.43. The van der Waals surface area contributed by atoms with Gasteiger partial charge in [0.1, 0.15) is 11.5 Å². The van der Waals surface area contributed by atoms with E-state index in [-0.39, 0.29) is 11.8 Å². The Labute approximate surface area is 148 Å². The summed E-state index contributed by atoms with van der Waals surface area (Å²) in [6, 6.07) is 5.29. The first-order chi connectivity index (χ1) is 12.7. The maximum absolute atomic E-state index is 13.9. The Morgan fingerprint density at radius 1 is 1.19 bits per heavy atom. The zero-order valence-electron chi connectivity index (χ0n) is 14.0. The molecule has 9 heteroatoms. The van der Waals surface area contributed by atoms with Gasteiger partial charge in [-0.25, -0.2) is 18.1 Å². The number of ether oxygens (including phenoxy) is 1. The van der Waals surface area contributed by atoms with Crippen LogP contribution in [0.25, 0.3) is 5.69 Å². The second kappa shape index (κ2) is 7.30. The molecule has 7 nitrogen and oxygen atoms in total.